The summed E-state index contributed by atoms with van der Waals surface area (Å²) in [4.78, 5) is 14.1. The Morgan fingerprint density at radius 1 is 1.22 bits per heavy atom. The van der Waals surface area contributed by atoms with Crippen LogP contribution in [0.2, 0.25) is 5.02 Å². The van der Waals surface area contributed by atoms with Gasteiger partial charge in [-0.3, -0.25) is 4.79 Å². The third-order valence-electron chi connectivity index (χ3n) is 3.42. The molecule has 1 N–H and O–H groups in total. The Labute approximate surface area is 142 Å². The summed E-state index contributed by atoms with van der Waals surface area (Å²) in [7, 11) is 1.99. The van der Waals surface area contributed by atoms with Crippen LogP contribution in [-0.2, 0) is 4.79 Å². The third kappa shape index (κ3) is 5.49. The molecule has 23 heavy (non-hydrogen) atoms. The number of benzene rings is 2. The molecule has 0 radical (unpaired) electrons. The summed E-state index contributed by atoms with van der Waals surface area (Å²) < 4.78 is 5.59. The van der Waals surface area contributed by atoms with E-state index in [0.29, 0.717) is 17.3 Å². The molecule has 2 aromatic carbocycles. The van der Waals surface area contributed by atoms with Gasteiger partial charge in [0.15, 0.2) is 6.10 Å². The van der Waals surface area contributed by atoms with Crippen LogP contribution in [0.4, 0.5) is 5.69 Å². The lowest BCUT2D eigenvalue weighted by Crippen LogP contribution is -2.40. The van der Waals surface area contributed by atoms with Gasteiger partial charge in [-0.1, -0.05) is 35.9 Å². The number of ether oxygens (including phenoxy) is 1. The number of amides is 1. The third-order valence-corrected chi connectivity index (χ3v) is 3.66. The van der Waals surface area contributed by atoms with E-state index in [1.807, 2.05) is 37.4 Å². The molecule has 1 amide bonds. The highest BCUT2D eigenvalue weighted by Gasteiger charge is 2.14. The molecule has 2 rings (SSSR count). The molecule has 0 aliphatic carbocycles. The summed E-state index contributed by atoms with van der Waals surface area (Å²) in [5, 5.41) is 3.46. The number of para-hydroxylation sites is 1. The van der Waals surface area contributed by atoms with Crippen LogP contribution in [0.25, 0.3) is 0 Å². The van der Waals surface area contributed by atoms with Crippen molar-refractivity contribution in [1.82, 2.24) is 5.32 Å². The molecule has 5 heteroatoms. The number of halogens is 1. The fourth-order valence-electron chi connectivity index (χ4n) is 2.10. The predicted octanol–water partition coefficient (Wildman–Crippen LogP) is 3.36. The lowest BCUT2D eigenvalue weighted by molar-refractivity contribution is -0.127. The van der Waals surface area contributed by atoms with Gasteiger partial charge in [0, 0.05) is 30.8 Å². The average Bonchev–Trinajstić information content (AvgIpc) is 2.55. The molecular weight excluding hydrogens is 312 g/mol. The fraction of sp³-hybridized carbons (Fsp3) is 0.278. The van der Waals surface area contributed by atoms with Gasteiger partial charge < -0.3 is 15.0 Å². The minimum Gasteiger partial charge on any atom is -0.481 e. The van der Waals surface area contributed by atoms with E-state index in [2.05, 4.69) is 10.2 Å². The molecule has 0 saturated heterocycles. The van der Waals surface area contributed by atoms with Crippen LogP contribution < -0.4 is 15.0 Å². The maximum Gasteiger partial charge on any atom is 0.260 e. The van der Waals surface area contributed by atoms with Gasteiger partial charge in [0.05, 0.1) is 0 Å². The maximum absolute atomic E-state index is 12.1. The molecule has 0 fully saturated rings. The maximum atomic E-state index is 12.1. The Morgan fingerprint density at radius 2 is 1.96 bits per heavy atom. The van der Waals surface area contributed by atoms with Crippen LogP contribution in [-0.4, -0.2) is 32.1 Å². The van der Waals surface area contributed by atoms with Gasteiger partial charge in [-0.2, -0.15) is 0 Å². The first-order valence-corrected chi connectivity index (χ1v) is 7.90. The van der Waals surface area contributed by atoms with E-state index in [0.717, 1.165) is 12.2 Å². The molecule has 0 heterocycles. The molecule has 0 aromatic heterocycles. The van der Waals surface area contributed by atoms with Gasteiger partial charge in [0.25, 0.3) is 5.91 Å². The molecule has 0 bridgehead atoms. The molecule has 0 spiro atoms. The molecule has 1 atom stereocenters. The molecule has 0 aliphatic heterocycles. The number of hydrogen-bond donors (Lipinski definition) is 1. The molecule has 122 valence electrons. The Hall–Kier alpha value is -2.20. The minimum absolute atomic E-state index is 0.147. The normalized spacial score (nSPS) is 11.6. The topological polar surface area (TPSA) is 41.6 Å². The number of carbonyl (C=O) groups is 1. The lowest BCUT2D eigenvalue weighted by atomic mass is 10.3. The summed E-state index contributed by atoms with van der Waals surface area (Å²) in [6, 6.07) is 17.0. The molecule has 1 unspecified atom stereocenters. The summed E-state index contributed by atoms with van der Waals surface area (Å²) in [5.74, 6) is 0.438. The van der Waals surface area contributed by atoms with Crippen LogP contribution in [0.3, 0.4) is 0 Å². The zero-order valence-electron chi connectivity index (χ0n) is 13.3. The Balaban J connectivity index is 1.76. The van der Waals surface area contributed by atoms with E-state index in [4.69, 9.17) is 16.3 Å². The summed E-state index contributed by atoms with van der Waals surface area (Å²) in [6.07, 6.45) is -0.574. The summed E-state index contributed by atoms with van der Waals surface area (Å²) >= 11 is 5.90. The average molecular weight is 333 g/mol. The number of rotatable bonds is 7. The largest absolute Gasteiger partial charge is 0.481 e. The van der Waals surface area contributed by atoms with Crippen LogP contribution in [0.15, 0.2) is 54.6 Å². The van der Waals surface area contributed by atoms with E-state index in [1.165, 1.54) is 0 Å². The van der Waals surface area contributed by atoms with Crippen molar-refractivity contribution in [3.8, 4) is 5.75 Å². The first-order chi connectivity index (χ1) is 11.1. The van der Waals surface area contributed by atoms with Crippen LogP contribution in [0.1, 0.15) is 6.92 Å². The van der Waals surface area contributed by atoms with Gasteiger partial charge >= 0.3 is 0 Å². The predicted molar refractivity (Wildman–Crippen MR) is 94.3 cm³/mol. The van der Waals surface area contributed by atoms with E-state index >= 15 is 0 Å². The second-order valence-corrected chi connectivity index (χ2v) is 5.70. The van der Waals surface area contributed by atoms with Gasteiger partial charge in [0.1, 0.15) is 5.75 Å². The van der Waals surface area contributed by atoms with Crippen LogP contribution >= 0.6 is 11.6 Å². The number of nitrogens with one attached hydrogen (secondary N) is 1. The van der Waals surface area contributed by atoms with Crippen molar-refractivity contribution in [1.29, 1.82) is 0 Å². The number of carbonyl (C=O) groups excluding carboxylic acids is 1. The van der Waals surface area contributed by atoms with Gasteiger partial charge in [0.2, 0.25) is 0 Å². The smallest absolute Gasteiger partial charge is 0.260 e. The monoisotopic (exact) mass is 332 g/mol. The Kier molecular flexibility index (Phi) is 6.29. The lowest BCUT2D eigenvalue weighted by Gasteiger charge is -2.20. The van der Waals surface area contributed by atoms with Crippen molar-refractivity contribution in [2.45, 2.75) is 13.0 Å². The fourth-order valence-corrected chi connectivity index (χ4v) is 2.28. The van der Waals surface area contributed by atoms with Crippen molar-refractivity contribution in [3.05, 3.63) is 59.6 Å². The van der Waals surface area contributed by atoms with Crippen molar-refractivity contribution in [2.75, 3.05) is 25.0 Å². The molecule has 4 nitrogen and oxygen atoms in total. The first kappa shape index (κ1) is 17.2. The zero-order valence-corrected chi connectivity index (χ0v) is 14.1. The Bertz CT molecular complexity index is 634. The second-order valence-electron chi connectivity index (χ2n) is 5.27. The van der Waals surface area contributed by atoms with Crippen LogP contribution in [0.5, 0.6) is 5.75 Å². The minimum atomic E-state index is -0.574. The SMILES string of the molecule is CC(Oc1cccc(Cl)c1)C(=O)NCCN(C)c1ccccc1. The highest BCUT2D eigenvalue weighted by Crippen LogP contribution is 2.18. The second kappa shape index (κ2) is 8.44. The Morgan fingerprint density at radius 3 is 2.65 bits per heavy atom. The van der Waals surface area contributed by atoms with Crippen molar-refractivity contribution < 1.29 is 9.53 Å². The quantitative estimate of drug-likeness (QED) is 0.845. The zero-order chi connectivity index (χ0) is 16.7. The van der Waals surface area contributed by atoms with Gasteiger partial charge in [-0.25, -0.2) is 0 Å². The van der Waals surface area contributed by atoms with Gasteiger partial charge in [-0.05, 0) is 37.3 Å². The summed E-state index contributed by atoms with van der Waals surface area (Å²) in [5.41, 5.74) is 1.12. The highest BCUT2D eigenvalue weighted by molar-refractivity contribution is 6.30. The molecule has 0 saturated carbocycles. The number of nitrogens with zero attached hydrogens (tertiary/aromatic N) is 1. The number of hydrogen-bond acceptors (Lipinski definition) is 3. The standard InChI is InChI=1S/C18H21ClN2O2/c1-14(23-17-10-6-7-15(19)13-17)18(22)20-11-12-21(2)16-8-4-3-5-9-16/h3-10,13-14H,11-12H2,1-2H3,(H,20,22). The first-order valence-electron chi connectivity index (χ1n) is 7.52. The van der Waals surface area contributed by atoms with Gasteiger partial charge in [-0.15, -0.1) is 0 Å². The van der Waals surface area contributed by atoms with Crippen molar-refractivity contribution in [3.63, 3.8) is 0 Å². The number of likely N-dealkylation sites (N-methyl/N-ethyl adjacent to an activating group) is 1. The molecule has 0 aliphatic rings. The number of anilines is 1. The summed E-state index contributed by atoms with van der Waals surface area (Å²) in [6.45, 7) is 2.99. The van der Waals surface area contributed by atoms with Crippen molar-refractivity contribution >= 4 is 23.2 Å². The van der Waals surface area contributed by atoms with E-state index in [-0.39, 0.29) is 5.91 Å². The molecule has 2 aromatic rings. The van der Waals surface area contributed by atoms with E-state index < -0.39 is 6.10 Å². The van der Waals surface area contributed by atoms with E-state index in [9.17, 15) is 4.79 Å². The van der Waals surface area contributed by atoms with E-state index in [1.54, 1.807) is 31.2 Å². The van der Waals surface area contributed by atoms with Crippen LogP contribution in [0, 0.1) is 0 Å². The highest BCUT2D eigenvalue weighted by atomic mass is 35.5. The molecular formula is C18H21ClN2O2. The van der Waals surface area contributed by atoms with Crippen molar-refractivity contribution in [2.24, 2.45) is 0 Å².